The minimum absolute atomic E-state index is 0.0833. The number of halogens is 1. The van der Waals surface area contributed by atoms with E-state index in [2.05, 4.69) is 9.88 Å². The lowest BCUT2D eigenvalue weighted by atomic mass is 10.2. The molecule has 1 saturated heterocycles. The van der Waals surface area contributed by atoms with Crippen LogP contribution in [-0.2, 0) is 6.54 Å². The van der Waals surface area contributed by atoms with Crippen LogP contribution in [0.5, 0.6) is 0 Å². The standard InChI is InChI=1S/C15H16FN3O3/c16-11-3-1-2-4-13(11)19-7-5-18(6-8-19)9-14-17-12(10-22-14)15(20)21/h1-4,10H,5-9H2,(H,20,21). The van der Waals surface area contributed by atoms with Gasteiger partial charge in [0.25, 0.3) is 0 Å². The van der Waals surface area contributed by atoms with Gasteiger partial charge in [0, 0.05) is 26.2 Å². The van der Waals surface area contributed by atoms with Gasteiger partial charge in [0.1, 0.15) is 12.1 Å². The second-order valence-corrected chi connectivity index (χ2v) is 5.15. The zero-order chi connectivity index (χ0) is 15.5. The van der Waals surface area contributed by atoms with Crippen LogP contribution >= 0.6 is 0 Å². The first-order chi connectivity index (χ1) is 10.6. The van der Waals surface area contributed by atoms with Crippen molar-refractivity contribution in [3.63, 3.8) is 0 Å². The lowest BCUT2D eigenvalue weighted by Gasteiger charge is -2.35. The van der Waals surface area contributed by atoms with E-state index in [1.54, 1.807) is 12.1 Å². The largest absolute Gasteiger partial charge is 0.476 e. The van der Waals surface area contributed by atoms with Crippen molar-refractivity contribution < 1.29 is 18.7 Å². The predicted molar refractivity (Wildman–Crippen MR) is 77.4 cm³/mol. The van der Waals surface area contributed by atoms with Crippen LogP contribution < -0.4 is 4.90 Å². The number of para-hydroxylation sites is 1. The third-order valence-electron chi connectivity index (χ3n) is 3.70. The second kappa shape index (κ2) is 6.15. The van der Waals surface area contributed by atoms with E-state index in [0.29, 0.717) is 31.2 Å². The van der Waals surface area contributed by atoms with E-state index >= 15 is 0 Å². The molecule has 1 N–H and O–H groups in total. The number of nitrogens with zero attached hydrogens (tertiary/aromatic N) is 3. The van der Waals surface area contributed by atoms with Crippen LogP contribution in [0.15, 0.2) is 34.9 Å². The van der Waals surface area contributed by atoms with E-state index in [0.717, 1.165) is 19.4 Å². The van der Waals surface area contributed by atoms with Gasteiger partial charge >= 0.3 is 5.97 Å². The van der Waals surface area contributed by atoms with Gasteiger partial charge in [-0.1, -0.05) is 12.1 Å². The van der Waals surface area contributed by atoms with Crippen molar-refractivity contribution in [2.75, 3.05) is 31.1 Å². The van der Waals surface area contributed by atoms with Crippen molar-refractivity contribution in [2.45, 2.75) is 6.54 Å². The van der Waals surface area contributed by atoms with E-state index in [-0.39, 0.29) is 11.5 Å². The normalized spacial score (nSPS) is 16.0. The number of oxazole rings is 1. The maximum absolute atomic E-state index is 13.8. The Labute approximate surface area is 126 Å². The van der Waals surface area contributed by atoms with Crippen molar-refractivity contribution in [1.82, 2.24) is 9.88 Å². The van der Waals surface area contributed by atoms with Crippen LogP contribution in [0.2, 0.25) is 0 Å². The number of aromatic nitrogens is 1. The third kappa shape index (κ3) is 3.09. The minimum atomic E-state index is -1.10. The molecule has 1 aliphatic rings. The fourth-order valence-corrected chi connectivity index (χ4v) is 2.53. The molecule has 0 radical (unpaired) electrons. The molecule has 1 aromatic heterocycles. The quantitative estimate of drug-likeness (QED) is 0.929. The summed E-state index contributed by atoms with van der Waals surface area (Å²) < 4.78 is 18.9. The highest BCUT2D eigenvalue weighted by molar-refractivity contribution is 5.84. The van der Waals surface area contributed by atoms with Gasteiger partial charge in [-0.3, -0.25) is 4.90 Å². The van der Waals surface area contributed by atoms with E-state index in [1.165, 1.54) is 6.07 Å². The van der Waals surface area contributed by atoms with Crippen molar-refractivity contribution in [3.8, 4) is 0 Å². The highest BCUT2D eigenvalue weighted by Crippen LogP contribution is 2.20. The van der Waals surface area contributed by atoms with E-state index in [4.69, 9.17) is 9.52 Å². The molecule has 0 bridgehead atoms. The lowest BCUT2D eigenvalue weighted by Crippen LogP contribution is -2.46. The number of hydrogen-bond donors (Lipinski definition) is 1. The summed E-state index contributed by atoms with van der Waals surface area (Å²) in [6.07, 6.45) is 1.15. The number of rotatable bonds is 4. The van der Waals surface area contributed by atoms with Crippen LogP contribution in [-0.4, -0.2) is 47.1 Å². The Hall–Kier alpha value is -2.41. The van der Waals surface area contributed by atoms with Gasteiger partial charge in [0.05, 0.1) is 12.2 Å². The van der Waals surface area contributed by atoms with Gasteiger partial charge in [-0.15, -0.1) is 0 Å². The maximum atomic E-state index is 13.8. The average Bonchev–Trinajstić information content (AvgIpc) is 2.98. The maximum Gasteiger partial charge on any atom is 0.357 e. The summed E-state index contributed by atoms with van der Waals surface area (Å²) in [4.78, 5) is 18.8. The number of anilines is 1. The van der Waals surface area contributed by atoms with Crippen molar-refractivity contribution >= 4 is 11.7 Å². The van der Waals surface area contributed by atoms with Crippen molar-refractivity contribution in [2.24, 2.45) is 0 Å². The van der Waals surface area contributed by atoms with Gasteiger partial charge in [-0.25, -0.2) is 14.2 Å². The molecular weight excluding hydrogens is 289 g/mol. The molecule has 116 valence electrons. The molecular formula is C15H16FN3O3. The van der Waals surface area contributed by atoms with Gasteiger partial charge in [0.2, 0.25) is 5.89 Å². The molecule has 0 aliphatic carbocycles. The molecule has 0 atom stereocenters. The highest BCUT2D eigenvalue weighted by atomic mass is 19.1. The number of benzene rings is 1. The Kier molecular flexibility index (Phi) is 4.06. The van der Waals surface area contributed by atoms with Gasteiger partial charge in [-0.05, 0) is 12.1 Å². The summed E-state index contributed by atoms with van der Waals surface area (Å²) >= 11 is 0. The Morgan fingerprint density at radius 3 is 2.64 bits per heavy atom. The summed E-state index contributed by atoms with van der Waals surface area (Å²) in [6, 6.07) is 6.74. The molecule has 2 heterocycles. The summed E-state index contributed by atoms with van der Waals surface area (Å²) in [7, 11) is 0. The average molecular weight is 305 g/mol. The smallest absolute Gasteiger partial charge is 0.357 e. The molecule has 1 aliphatic heterocycles. The molecule has 2 aromatic rings. The van der Waals surface area contributed by atoms with Crippen LogP contribution in [0.25, 0.3) is 0 Å². The van der Waals surface area contributed by atoms with Crippen LogP contribution in [0.3, 0.4) is 0 Å². The van der Waals surface area contributed by atoms with Gasteiger partial charge < -0.3 is 14.4 Å². The molecule has 1 fully saturated rings. The Bertz CT molecular complexity index is 666. The molecule has 0 amide bonds. The van der Waals surface area contributed by atoms with Crippen LogP contribution in [0, 0.1) is 5.82 Å². The topological polar surface area (TPSA) is 69.8 Å². The second-order valence-electron chi connectivity index (χ2n) is 5.15. The molecule has 7 heteroatoms. The summed E-state index contributed by atoms with van der Waals surface area (Å²) in [5.41, 5.74) is 0.534. The fraction of sp³-hybridized carbons (Fsp3) is 0.333. The summed E-state index contributed by atoms with van der Waals surface area (Å²) in [5, 5.41) is 8.81. The van der Waals surface area contributed by atoms with E-state index in [1.807, 2.05) is 11.0 Å². The monoisotopic (exact) mass is 305 g/mol. The molecule has 0 saturated carbocycles. The number of carboxylic acid groups (broad SMARTS) is 1. The third-order valence-corrected chi connectivity index (χ3v) is 3.70. The van der Waals surface area contributed by atoms with Crippen LogP contribution in [0.4, 0.5) is 10.1 Å². The Morgan fingerprint density at radius 2 is 2.00 bits per heavy atom. The molecule has 3 rings (SSSR count). The van der Waals surface area contributed by atoms with E-state index in [9.17, 15) is 9.18 Å². The Morgan fingerprint density at radius 1 is 1.27 bits per heavy atom. The van der Waals surface area contributed by atoms with E-state index < -0.39 is 5.97 Å². The number of piperazine rings is 1. The lowest BCUT2D eigenvalue weighted by molar-refractivity contribution is 0.0690. The fourth-order valence-electron chi connectivity index (χ4n) is 2.53. The highest BCUT2D eigenvalue weighted by Gasteiger charge is 2.21. The first-order valence-corrected chi connectivity index (χ1v) is 7.03. The summed E-state index contributed by atoms with van der Waals surface area (Å²) in [6.45, 7) is 3.33. The zero-order valence-corrected chi connectivity index (χ0v) is 11.9. The van der Waals surface area contributed by atoms with Crippen molar-refractivity contribution in [3.05, 3.63) is 47.9 Å². The summed E-state index contributed by atoms with van der Waals surface area (Å²) in [5.74, 6) is -0.925. The minimum Gasteiger partial charge on any atom is -0.476 e. The molecule has 1 aromatic carbocycles. The molecule has 6 nitrogen and oxygen atoms in total. The number of aromatic carboxylic acids is 1. The zero-order valence-electron chi connectivity index (χ0n) is 11.9. The number of carboxylic acids is 1. The van der Waals surface area contributed by atoms with Crippen molar-refractivity contribution in [1.29, 1.82) is 0 Å². The van der Waals surface area contributed by atoms with Gasteiger partial charge in [0.15, 0.2) is 5.69 Å². The molecule has 0 spiro atoms. The molecule has 22 heavy (non-hydrogen) atoms. The predicted octanol–water partition coefficient (Wildman–Crippen LogP) is 1.83. The number of hydrogen-bond acceptors (Lipinski definition) is 5. The van der Waals surface area contributed by atoms with Gasteiger partial charge in [-0.2, -0.15) is 0 Å². The SMILES string of the molecule is O=C(O)c1coc(CN2CCN(c3ccccc3F)CC2)n1. The first kappa shape index (κ1) is 14.5. The number of carbonyl (C=O) groups is 1. The van der Waals surface area contributed by atoms with Crippen LogP contribution in [0.1, 0.15) is 16.4 Å². The Balaban J connectivity index is 1.57. The first-order valence-electron chi connectivity index (χ1n) is 7.03. The molecule has 0 unspecified atom stereocenters.